The molecule has 0 saturated heterocycles. The number of hydrogen-bond donors (Lipinski definition) is 1. The maximum Gasteiger partial charge on any atom is 0.242 e. The molecule has 1 N–H and O–H groups in total. The van der Waals surface area contributed by atoms with Gasteiger partial charge in [-0.05, 0) is 49.6 Å². The Morgan fingerprint density at radius 2 is 1.78 bits per heavy atom. The maximum atomic E-state index is 13.3. The Labute approximate surface area is 229 Å². The smallest absolute Gasteiger partial charge is 0.242 e. The molecule has 0 aliphatic heterocycles. The summed E-state index contributed by atoms with van der Waals surface area (Å²) in [6.45, 7) is 4.46. The number of nitrogens with zero attached hydrogens (tertiary/aromatic N) is 2. The lowest BCUT2D eigenvalue weighted by Crippen LogP contribution is -2.48. The van der Waals surface area contributed by atoms with Gasteiger partial charge in [0.25, 0.3) is 0 Å². The third kappa shape index (κ3) is 9.09. The van der Waals surface area contributed by atoms with Gasteiger partial charge in [0.2, 0.25) is 21.8 Å². The second-order valence-electron chi connectivity index (χ2n) is 8.69. The zero-order chi connectivity index (χ0) is 27.6. The van der Waals surface area contributed by atoms with Gasteiger partial charge in [0.05, 0.1) is 24.1 Å². The van der Waals surface area contributed by atoms with Crippen molar-refractivity contribution in [1.82, 2.24) is 10.2 Å². The minimum Gasteiger partial charge on any atom is -0.495 e. The molecule has 0 fully saturated rings. The number of nitrogens with one attached hydrogen (secondary N) is 1. The Balaban J connectivity index is 2.18. The minimum absolute atomic E-state index is 0.0347. The van der Waals surface area contributed by atoms with E-state index in [1.54, 1.807) is 31.2 Å². The Morgan fingerprint density at radius 1 is 1.08 bits per heavy atom. The predicted octanol–water partition coefficient (Wildman–Crippen LogP) is 4.88. The zero-order valence-electron chi connectivity index (χ0n) is 21.7. The van der Waals surface area contributed by atoms with Crippen LogP contribution in [0.25, 0.3) is 0 Å². The number of carbonyl (C=O) groups is 2. The van der Waals surface area contributed by atoms with Gasteiger partial charge in [-0.2, -0.15) is 0 Å². The quantitative estimate of drug-likeness (QED) is 0.326. The summed E-state index contributed by atoms with van der Waals surface area (Å²) in [7, 11) is -2.17. The number of rotatable bonds is 14. The van der Waals surface area contributed by atoms with Crippen LogP contribution in [0.15, 0.2) is 42.5 Å². The number of hydrogen-bond acceptors (Lipinski definition) is 5. The van der Waals surface area contributed by atoms with Crippen LogP contribution in [-0.4, -0.2) is 57.6 Å². The SMILES string of the molecule is CCCCNC(=O)C(C)N(Cc1ccccc1Cl)C(=O)CCCN(c1ccc(OC)c(Cl)c1)S(C)(=O)=O. The van der Waals surface area contributed by atoms with Crippen molar-refractivity contribution in [1.29, 1.82) is 0 Å². The fourth-order valence-corrected chi connectivity index (χ4v) is 5.15. The summed E-state index contributed by atoms with van der Waals surface area (Å²) in [5.41, 5.74) is 1.09. The van der Waals surface area contributed by atoms with Crippen molar-refractivity contribution >= 4 is 50.7 Å². The number of anilines is 1. The monoisotopic (exact) mass is 571 g/mol. The molecule has 2 amide bonds. The molecule has 2 rings (SSSR count). The Bertz CT molecular complexity index is 1180. The molecule has 204 valence electrons. The van der Waals surface area contributed by atoms with Crippen molar-refractivity contribution in [3.05, 3.63) is 58.1 Å². The Hall–Kier alpha value is -2.49. The third-order valence-electron chi connectivity index (χ3n) is 5.87. The van der Waals surface area contributed by atoms with Gasteiger partial charge in [-0.1, -0.05) is 54.7 Å². The van der Waals surface area contributed by atoms with Gasteiger partial charge >= 0.3 is 0 Å². The number of sulfonamides is 1. The second kappa shape index (κ2) is 14.4. The summed E-state index contributed by atoms with van der Waals surface area (Å²) in [4.78, 5) is 27.6. The number of halogens is 2. The standard InChI is InChI=1S/C26H35Cl2N3O5S/c1-5-6-15-29-26(33)19(2)30(18-20-10-7-8-11-22(20)27)25(32)12-9-16-31(37(4,34)35)21-13-14-24(36-3)23(28)17-21/h7-8,10-11,13-14,17,19H,5-6,9,12,15-16,18H2,1-4H3,(H,29,33). The van der Waals surface area contributed by atoms with Crippen molar-refractivity contribution < 1.29 is 22.7 Å². The first-order chi connectivity index (χ1) is 17.5. The molecule has 11 heteroatoms. The fourth-order valence-electron chi connectivity index (χ4n) is 3.74. The highest BCUT2D eigenvalue weighted by Gasteiger charge is 2.27. The first-order valence-corrected chi connectivity index (χ1v) is 14.7. The first-order valence-electron chi connectivity index (χ1n) is 12.1. The third-order valence-corrected chi connectivity index (χ3v) is 7.73. The molecule has 1 unspecified atom stereocenters. The molecule has 2 aromatic carbocycles. The molecule has 2 aromatic rings. The summed E-state index contributed by atoms with van der Waals surface area (Å²) in [6, 6.07) is 11.1. The summed E-state index contributed by atoms with van der Waals surface area (Å²) >= 11 is 12.5. The van der Waals surface area contributed by atoms with Gasteiger partial charge in [0.15, 0.2) is 0 Å². The van der Waals surface area contributed by atoms with Crippen LogP contribution in [-0.2, 0) is 26.2 Å². The van der Waals surface area contributed by atoms with Crippen LogP contribution in [0.2, 0.25) is 10.0 Å². The van der Waals surface area contributed by atoms with E-state index in [4.69, 9.17) is 27.9 Å². The molecule has 0 aromatic heterocycles. The number of unbranched alkanes of at least 4 members (excludes halogenated alkanes) is 1. The van der Waals surface area contributed by atoms with Crippen LogP contribution in [0.5, 0.6) is 5.75 Å². The van der Waals surface area contributed by atoms with Crippen molar-refractivity contribution in [2.75, 3.05) is 30.8 Å². The Morgan fingerprint density at radius 3 is 2.38 bits per heavy atom. The van der Waals surface area contributed by atoms with Crippen molar-refractivity contribution in [2.45, 2.75) is 52.1 Å². The highest BCUT2D eigenvalue weighted by atomic mass is 35.5. The summed E-state index contributed by atoms with van der Waals surface area (Å²) in [5.74, 6) is -0.103. The zero-order valence-corrected chi connectivity index (χ0v) is 24.0. The molecule has 37 heavy (non-hydrogen) atoms. The Kier molecular flexibility index (Phi) is 12.0. The number of benzene rings is 2. The van der Waals surface area contributed by atoms with E-state index in [-0.39, 0.29) is 42.8 Å². The molecule has 0 heterocycles. The van der Waals surface area contributed by atoms with E-state index < -0.39 is 16.1 Å². The van der Waals surface area contributed by atoms with Gasteiger partial charge in [-0.25, -0.2) is 8.42 Å². The minimum atomic E-state index is -3.64. The number of carbonyl (C=O) groups excluding carboxylic acids is 2. The largest absolute Gasteiger partial charge is 0.495 e. The van der Waals surface area contributed by atoms with Crippen LogP contribution >= 0.6 is 23.2 Å². The van der Waals surface area contributed by atoms with E-state index in [9.17, 15) is 18.0 Å². The highest BCUT2D eigenvalue weighted by Crippen LogP contribution is 2.30. The van der Waals surface area contributed by atoms with Gasteiger partial charge in [-0.15, -0.1) is 0 Å². The molecule has 0 bridgehead atoms. The summed E-state index contributed by atoms with van der Waals surface area (Å²) in [5, 5.41) is 3.65. The van der Waals surface area contributed by atoms with Crippen LogP contribution in [0.3, 0.4) is 0 Å². The lowest BCUT2D eigenvalue weighted by atomic mass is 10.1. The van der Waals surface area contributed by atoms with Crippen LogP contribution < -0.4 is 14.4 Å². The van der Waals surface area contributed by atoms with Gasteiger partial charge in [0, 0.05) is 31.1 Å². The van der Waals surface area contributed by atoms with Crippen molar-refractivity contribution in [3.8, 4) is 5.75 Å². The normalized spacial score (nSPS) is 12.1. The fraction of sp³-hybridized carbons (Fsp3) is 0.462. The maximum absolute atomic E-state index is 13.3. The number of amides is 2. The molecule has 0 aliphatic rings. The average molecular weight is 573 g/mol. The van der Waals surface area contributed by atoms with Gasteiger partial charge in [0.1, 0.15) is 11.8 Å². The number of ether oxygens (including phenoxy) is 1. The first kappa shape index (κ1) is 30.7. The van der Waals surface area contributed by atoms with Crippen molar-refractivity contribution in [3.63, 3.8) is 0 Å². The van der Waals surface area contributed by atoms with E-state index in [2.05, 4.69) is 5.32 Å². The highest BCUT2D eigenvalue weighted by molar-refractivity contribution is 7.92. The summed E-state index contributed by atoms with van der Waals surface area (Å²) in [6.07, 6.45) is 3.14. The molecule has 0 radical (unpaired) electrons. The van der Waals surface area contributed by atoms with E-state index in [0.717, 1.165) is 24.7 Å². The van der Waals surface area contributed by atoms with Crippen LogP contribution in [0.4, 0.5) is 5.69 Å². The topological polar surface area (TPSA) is 96.0 Å². The van der Waals surface area contributed by atoms with Crippen LogP contribution in [0.1, 0.15) is 45.1 Å². The van der Waals surface area contributed by atoms with Crippen molar-refractivity contribution in [2.24, 2.45) is 0 Å². The molecular weight excluding hydrogens is 537 g/mol. The van der Waals surface area contributed by atoms with Gasteiger partial charge in [-0.3, -0.25) is 13.9 Å². The summed E-state index contributed by atoms with van der Waals surface area (Å²) < 4.78 is 31.3. The molecular formula is C26H35Cl2N3O5S. The van der Waals surface area contributed by atoms with E-state index in [0.29, 0.717) is 23.0 Å². The van der Waals surface area contributed by atoms with E-state index in [1.807, 2.05) is 19.1 Å². The molecule has 0 saturated carbocycles. The van der Waals surface area contributed by atoms with Crippen LogP contribution in [0, 0.1) is 0 Å². The van der Waals surface area contributed by atoms with E-state index in [1.165, 1.54) is 22.4 Å². The number of methoxy groups -OCH3 is 1. The molecule has 0 aliphatic carbocycles. The van der Waals surface area contributed by atoms with E-state index >= 15 is 0 Å². The molecule has 1 atom stereocenters. The molecule has 0 spiro atoms. The second-order valence-corrected chi connectivity index (χ2v) is 11.4. The van der Waals surface area contributed by atoms with Gasteiger partial charge < -0.3 is 15.0 Å². The lowest BCUT2D eigenvalue weighted by molar-refractivity contribution is -0.140. The molecule has 8 nitrogen and oxygen atoms in total. The lowest BCUT2D eigenvalue weighted by Gasteiger charge is -2.29. The predicted molar refractivity (Wildman–Crippen MR) is 149 cm³/mol. The average Bonchev–Trinajstić information content (AvgIpc) is 2.85.